The van der Waals surface area contributed by atoms with Gasteiger partial charge in [-0.15, -0.1) is 0 Å². The van der Waals surface area contributed by atoms with Gasteiger partial charge in [0.1, 0.15) is 6.23 Å². The van der Waals surface area contributed by atoms with Crippen molar-refractivity contribution in [3.63, 3.8) is 0 Å². The van der Waals surface area contributed by atoms with Crippen LogP contribution in [0.5, 0.6) is 0 Å². The summed E-state index contributed by atoms with van der Waals surface area (Å²) in [6.07, 6.45) is -0.279. The van der Waals surface area contributed by atoms with Gasteiger partial charge in [-0.1, -0.05) is 22.8 Å². The molecule has 29 heavy (non-hydrogen) atoms. The largest absolute Gasteiger partial charge is 0.352 e. The van der Waals surface area contributed by atoms with Crippen molar-refractivity contribution in [1.29, 1.82) is 0 Å². The van der Waals surface area contributed by atoms with Crippen LogP contribution in [0.25, 0.3) is 10.4 Å². The number of rotatable bonds is 6. The van der Waals surface area contributed by atoms with E-state index < -0.39 is 46.3 Å². The molecule has 11 nitrogen and oxygen atoms in total. The zero-order valence-corrected chi connectivity index (χ0v) is 16.5. The van der Waals surface area contributed by atoms with E-state index in [0.717, 1.165) is 5.56 Å². The zero-order valence-electron chi connectivity index (χ0n) is 15.7. The smallest absolute Gasteiger partial charge is 0.330 e. The van der Waals surface area contributed by atoms with E-state index in [9.17, 15) is 18.0 Å². The second-order valence-corrected chi connectivity index (χ2v) is 8.28. The fourth-order valence-corrected chi connectivity index (χ4v) is 3.87. The van der Waals surface area contributed by atoms with Crippen molar-refractivity contribution in [3.05, 3.63) is 72.9 Å². The maximum Gasteiger partial charge on any atom is 0.330 e. The topological polar surface area (TPSA) is 156 Å². The summed E-state index contributed by atoms with van der Waals surface area (Å²) in [7, 11) is -4.04. The number of nitrogens with zero attached hydrogens (tertiary/aromatic N) is 4. The van der Waals surface area contributed by atoms with Gasteiger partial charge < -0.3 is 4.74 Å². The molecule has 0 radical (unpaired) electrons. The standard InChI is InChI=1S/C17H19N5O6S/c1-10-3-5-12(6-4-10)29(25,26)27-9-14-13(20-21-18)7-15(28-14)22-8-11(2)16(23)19-17(22)24/h3-6,8,13-15H,7,9H2,1-2H3,(H,19,23,24)/t13-,14-,15-/m1/s1. The summed E-state index contributed by atoms with van der Waals surface area (Å²) in [6.45, 7) is 2.96. The first-order valence-corrected chi connectivity index (χ1v) is 10.1. The number of azide groups is 1. The van der Waals surface area contributed by atoms with Crippen molar-refractivity contribution in [2.75, 3.05) is 6.61 Å². The molecule has 1 aromatic heterocycles. The molecule has 1 aliphatic rings. The van der Waals surface area contributed by atoms with E-state index in [1.165, 1.54) is 29.8 Å². The first-order valence-electron chi connectivity index (χ1n) is 8.69. The van der Waals surface area contributed by atoms with Crippen LogP contribution in [0.1, 0.15) is 23.8 Å². The Bertz CT molecular complexity index is 1160. The lowest BCUT2D eigenvalue weighted by atomic mass is 10.1. The van der Waals surface area contributed by atoms with Gasteiger partial charge in [-0.05, 0) is 31.5 Å². The number of benzene rings is 1. The molecule has 0 bridgehead atoms. The third-order valence-electron chi connectivity index (χ3n) is 4.56. The van der Waals surface area contributed by atoms with Crippen LogP contribution >= 0.6 is 0 Å². The Morgan fingerprint density at radius 3 is 2.66 bits per heavy atom. The van der Waals surface area contributed by atoms with Crippen LogP contribution in [0.3, 0.4) is 0 Å². The molecule has 1 fully saturated rings. The predicted molar refractivity (Wildman–Crippen MR) is 102 cm³/mol. The van der Waals surface area contributed by atoms with Crippen LogP contribution in [-0.2, 0) is 19.0 Å². The molecular weight excluding hydrogens is 402 g/mol. The van der Waals surface area contributed by atoms with Gasteiger partial charge in [-0.25, -0.2) is 4.79 Å². The minimum atomic E-state index is -4.04. The summed E-state index contributed by atoms with van der Waals surface area (Å²) < 4.78 is 36.7. The predicted octanol–water partition coefficient (Wildman–Crippen LogP) is 1.53. The van der Waals surface area contributed by atoms with E-state index in [1.807, 2.05) is 6.92 Å². The molecule has 2 heterocycles. The summed E-state index contributed by atoms with van der Waals surface area (Å²) in [5, 5.41) is 3.63. The number of nitrogens with one attached hydrogen (secondary N) is 1. The van der Waals surface area contributed by atoms with Gasteiger partial charge in [0.25, 0.3) is 15.7 Å². The molecule has 3 atom stereocenters. The highest BCUT2D eigenvalue weighted by Gasteiger charge is 2.37. The number of hydrogen-bond donors (Lipinski definition) is 1. The average molecular weight is 421 g/mol. The molecule has 0 spiro atoms. The summed E-state index contributed by atoms with van der Waals surface area (Å²) in [5.41, 5.74) is 8.80. The van der Waals surface area contributed by atoms with Crippen molar-refractivity contribution in [2.45, 2.75) is 43.5 Å². The van der Waals surface area contributed by atoms with Crippen molar-refractivity contribution in [1.82, 2.24) is 9.55 Å². The van der Waals surface area contributed by atoms with Crippen molar-refractivity contribution in [3.8, 4) is 0 Å². The Labute approximate surface area is 165 Å². The maximum absolute atomic E-state index is 12.4. The molecule has 12 heteroatoms. The minimum Gasteiger partial charge on any atom is -0.352 e. The quantitative estimate of drug-likeness (QED) is 0.322. The van der Waals surface area contributed by atoms with Crippen LogP contribution < -0.4 is 11.2 Å². The van der Waals surface area contributed by atoms with Crippen LogP contribution in [0.15, 0.2) is 50.1 Å². The van der Waals surface area contributed by atoms with E-state index in [2.05, 4.69) is 15.0 Å². The number of aromatic nitrogens is 2. The SMILES string of the molecule is Cc1ccc(S(=O)(=O)OC[C@H]2O[C@@H](n3cc(C)c(=O)[nH]c3=O)C[C@H]2N=[N+]=[N-])cc1. The molecule has 0 saturated carbocycles. The van der Waals surface area contributed by atoms with Gasteiger partial charge in [0.2, 0.25) is 0 Å². The van der Waals surface area contributed by atoms with Crippen molar-refractivity contribution < 1.29 is 17.3 Å². The second-order valence-electron chi connectivity index (χ2n) is 6.67. The Hall–Kier alpha value is -2.92. The van der Waals surface area contributed by atoms with Crippen LogP contribution in [0.2, 0.25) is 0 Å². The third-order valence-corrected chi connectivity index (χ3v) is 5.85. The van der Waals surface area contributed by atoms with Gasteiger partial charge in [0.15, 0.2) is 0 Å². The fraction of sp³-hybridized carbons (Fsp3) is 0.412. The van der Waals surface area contributed by atoms with E-state index >= 15 is 0 Å². The normalized spacial score (nSPS) is 21.7. The Balaban J connectivity index is 1.79. The monoisotopic (exact) mass is 421 g/mol. The highest BCUT2D eigenvalue weighted by Crippen LogP contribution is 2.31. The summed E-state index contributed by atoms with van der Waals surface area (Å²) in [4.78, 5) is 28.5. The molecule has 1 aromatic carbocycles. The lowest BCUT2D eigenvalue weighted by Gasteiger charge is -2.16. The average Bonchev–Trinajstić information content (AvgIpc) is 3.06. The number of ether oxygens (including phenoxy) is 1. The van der Waals surface area contributed by atoms with Crippen LogP contribution in [-0.4, -0.2) is 36.7 Å². The van der Waals surface area contributed by atoms with Gasteiger partial charge in [0, 0.05) is 23.1 Å². The molecule has 1 saturated heterocycles. The first-order chi connectivity index (χ1) is 13.7. The van der Waals surface area contributed by atoms with Crippen LogP contribution in [0, 0.1) is 13.8 Å². The number of aromatic amines is 1. The Kier molecular flexibility index (Phi) is 5.89. The maximum atomic E-state index is 12.4. The molecule has 1 N–H and O–H groups in total. The van der Waals surface area contributed by atoms with E-state index in [-0.39, 0.29) is 11.3 Å². The lowest BCUT2D eigenvalue weighted by molar-refractivity contribution is -0.0214. The van der Waals surface area contributed by atoms with Crippen LogP contribution in [0.4, 0.5) is 0 Å². The van der Waals surface area contributed by atoms with Gasteiger partial charge in [-0.2, -0.15) is 8.42 Å². The second kappa shape index (κ2) is 8.21. The first kappa shape index (κ1) is 20.8. The summed E-state index contributed by atoms with van der Waals surface area (Å²) in [5.74, 6) is 0. The molecule has 1 aliphatic heterocycles. The molecule has 0 aliphatic carbocycles. The van der Waals surface area contributed by atoms with Gasteiger partial charge in [0.05, 0.1) is 23.6 Å². The Morgan fingerprint density at radius 1 is 1.31 bits per heavy atom. The number of aryl methyl sites for hydroxylation is 2. The Morgan fingerprint density at radius 2 is 2.00 bits per heavy atom. The molecule has 154 valence electrons. The highest BCUT2D eigenvalue weighted by atomic mass is 32.2. The van der Waals surface area contributed by atoms with Gasteiger partial charge >= 0.3 is 5.69 Å². The van der Waals surface area contributed by atoms with E-state index in [4.69, 9.17) is 14.5 Å². The molecule has 0 amide bonds. The third kappa shape index (κ3) is 4.57. The highest BCUT2D eigenvalue weighted by molar-refractivity contribution is 7.86. The fourth-order valence-electron chi connectivity index (χ4n) is 2.95. The molecule has 2 aromatic rings. The molecular formula is C17H19N5O6S. The number of hydrogen-bond acceptors (Lipinski definition) is 7. The van der Waals surface area contributed by atoms with Gasteiger partial charge in [-0.3, -0.25) is 18.5 Å². The zero-order chi connectivity index (χ0) is 21.2. The van der Waals surface area contributed by atoms with E-state index in [1.54, 1.807) is 12.1 Å². The summed E-state index contributed by atoms with van der Waals surface area (Å²) in [6, 6.07) is 5.39. The van der Waals surface area contributed by atoms with E-state index in [0.29, 0.717) is 5.56 Å². The number of H-pyrrole nitrogens is 1. The summed E-state index contributed by atoms with van der Waals surface area (Å²) >= 11 is 0. The van der Waals surface area contributed by atoms with Crippen molar-refractivity contribution >= 4 is 10.1 Å². The molecule has 0 unspecified atom stereocenters. The van der Waals surface area contributed by atoms with Crippen molar-refractivity contribution in [2.24, 2.45) is 5.11 Å². The minimum absolute atomic E-state index is 0.00883. The lowest BCUT2D eigenvalue weighted by Crippen LogP contribution is -2.33. The molecule has 3 rings (SSSR count).